The number of nitrogens with one attached hydrogen (secondary N) is 1. The second kappa shape index (κ2) is 7.21. The molecule has 0 atom stereocenters. The summed E-state index contributed by atoms with van der Waals surface area (Å²) in [6.45, 7) is 8.23. The van der Waals surface area contributed by atoms with Gasteiger partial charge in [0.15, 0.2) is 0 Å². The molecule has 5 nitrogen and oxygen atoms in total. The molecule has 0 aliphatic carbocycles. The number of carbonyl (C=O) groups is 2. The van der Waals surface area contributed by atoms with Crippen LogP contribution in [0.15, 0.2) is 24.3 Å². The highest BCUT2D eigenvalue weighted by atomic mass is 35.5. The van der Waals surface area contributed by atoms with E-state index < -0.39 is 0 Å². The Morgan fingerprint density at radius 2 is 1.74 bits per heavy atom. The Balaban J connectivity index is 1.98. The average Bonchev–Trinajstić information content (AvgIpc) is 2.70. The lowest BCUT2D eigenvalue weighted by Gasteiger charge is -2.27. The van der Waals surface area contributed by atoms with E-state index in [1.165, 1.54) is 0 Å². The van der Waals surface area contributed by atoms with Gasteiger partial charge in [-0.25, -0.2) is 4.79 Å². The monoisotopic (exact) mass is 337 g/mol. The van der Waals surface area contributed by atoms with Gasteiger partial charge in [0.1, 0.15) is 0 Å². The molecule has 1 heterocycles. The van der Waals surface area contributed by atoms with E-state index in [2.05, 4.69) is 5.32 Å². The van der Waals surface area contributed by atoms with Crippen LogP contribution in [0.2, 0.25) is 5.02 Å². The number of carbonyl (C=O) groups excluding carboxylic acids is 2. The van der Waals surface area contributed by atoms with Crippen molar-refractivity contribution < 1.29 is 9.59 Å². The molecule has 1 aliphatic heterocycles. The van der Waals surface area contributed by atoms with Gasteiger partial charge in [0, 0.05) is 42.3 Å². The van der Waals surface area contributed by atoms with Crippen molar-refractivity contribution in [1.82, 2.24) is 15.1 Å². The summed E-state index contributed by atoms with van der Waals surface area (Å²) in [6, 6.07) is 6.90. The number of hydrogen-bond acceptors (Lipinski definition) is 2. The lowest BCUT2D eigenvalue weighted by molar-refractivity contribution is 0.0762. The highest BCUT2D eigenvalue weighted by Crippen LogP contribution is 2.14. The number of amides is 3. The van der Waals surface area contributed by atoms with Gasteiger partial charge in [-0.1, -0.05) is 17.7 Å². The van der Waals surface area contributed by atoms with Gasteiger partial charge in [0.2, 0.25) is 0 Å². The van der Waals surface area contributed by atoms with Crippen molar-refractivity contribution in [3.05, 3.63) is 34.9 Å². The molecule has 1 fully saturated rings. The predicted octanol–water partition coefficient (Wildman–Crippen LogP) is 3.00. The van der Waals surface area contributed by atoms with E-state index in [0.717, 1.165) is 6.42 Å². The second-order valence-corrected chi connectivity index (χ2v) is 7.26. The van der Waals surface area contributed by atoms with Gasteiger partial charge in [0.25, 0.3) is 5.91 Å². The van der Waals surface area contributed by atoms with Crippen molar-refractivity contribution in [3.63, 3.8) is 0 Å². The molecule has 0 radical (unpaired) electrons. The molecule has 1 aromatic carbocycles. The third kappa shape index (κ3) is 5.13. The van der Waals surface area contributed by atoms with Crippen LogP contribution in [0.4, 0.5) is 4.79 Å². The first kappa shape index (κ1) is 17.6. The van der Waals surface area contributed by atoms with Crippen LogP contribution in [0, 0.1) is 0 Å². The van der Waals surface area contributed by atoms with Crippen molar-refractivity contribution in [3.8, 4) is 0 Å². The maximum atomic E-state index is 12.6. The van der Waals surface area contributed by atoms with Crippen LogP contribution < -0.4 is 5.32 Å². The van der Waals surface area contributed by atoms with Crippen LogP contribution in [0.1, 0.15) is 37.6 Å². The van der Waals surface area contributed by atoms with E-state index in [9.17, 15) is 9.59 Å². The Hall–Kier alpha value is -1.75. The third-order valence-corrected chi connectivity index (χ3v) is 3.86. The Kier molecular flexibility index (Phi) is 5.52. The lowest BCUT2D eigenvalue weighted by Crippen LogP contribution is -2.49. The lowest BCUT2D eigenvalue weighted by atomic mass is 10.1. The minimum absolute atomic E-state index is 0.0365. The zero-order chi connectivity index (χ0) is 17.0. The molecule has 6 heteroatoms. The maximum Gasteiger partial charge on any atom is 0.317 e. The van der Waals surface area contributed by atoms with Gasteiger partial charge < -0.3 is 15.1 Å². The van der Waals surface area contributed by atoms with Gasteiger partial charge in [-0.3, -0.25) is 4.79 Å². The van der Waals surface area contributed by atoms with Crippen LogP contribution in [-0.4, -0.2) is 53.5 Å². The molecule has 3 amide bonds. The molecule has 1 saturated heterocycles. The van der Waals surface area contributed by atoms with E-state index >= 15 is 0 Å². The molecule has 0 spiro atoms. The molecule has 2 rings (SSSR count). The SMILES string of the molecule is CC(C)(C)NC(=O)N1CCCN(C(=O)c2cccc(Cl)c2)CC1. The van der Waals surface area contributed by atoms with Crippen LogP contribution >= 0.6 is 11.6 Å². The van der Waals surface area contributed by atoms with Crippen molar-refractivity contribution >= 4 is 23.5 Å². The van der Waals surface area contributed by atoms with Gasteiger partial charge in [-0.2, -0.15) is 0 Å². The van der Waals surface area contributed by atoms with Crippen molar-refractivity contribution in [2.45, 2.75) is 32.7 Å². The summed E-state index contributed by atoms with van der Waals surface area (Å²) in [7, 11) is 0. The van der Waals surface area contributed by atoms with Crippen LogP contribution in [0.25, 0.3) is 0 Å². The zero-order valence-corrected chi connectivity index (χ0v) is 14.7. The van der Waals surface area contributed by atoms with Crippen LogP contribution in [-0.2, 0) is 0 Å². The van der Waals surface area contributed by atoms with Crippen molar-refractivity contribution in [2.75, 3.05) is 26.2 Å². The second-order valence-electron chi connectivity index (χ2n) is 6.82. The van der Waals surface area contributed by atoms with E-state index in [0.29, 0.717) is 36.8 Å². The van der Waals surface area contributed by atoms with Crippen molar-refractivity contribution in [1.29, 1.82) is 0 Å². The number of benzene rings is 1. The fourth-order valence-electron chi connectivity index (χ4n) is 2.53. The van der Waals surface area contributed by atoms with Gasteiger partial charge >= 0.3 is 6.03 Å². The molecule has 1 aliphatic rings. The van der Waals surface area contributed by atoms with E-state index in [-0.39, 0.29) is 17.5 Å². The molecule has 0 saturated carbocycles. The first-order valence-electron chi connectivity index (χ1n) is 7.88. The summed E-state index contributed by atoms with van der Waals surface area (Å²) in [4.78, 5) is 28.4. The number of rotatable bonds is 1. The largest absolute Gasteiger partial charge is 0.337 e. The van der Waals surface area contributed by atoms with E-state index in [1.54, 1.807) is 34.1 Å². The Morgan fingerprint density at radius 1 is 1.09 bits per heavy atom. The third-order valence-electron chi connectivity index (χ3n) is 3.62. The summed E-state index contributed by atoms with van der Waals surface area (Å²) < 4.78 is 0. The first-order valence-corrected chi connectivity index (χ1v) is 8.26. The zero-order valence-electron chi connectivity index (χ0n) is 13.9. The molecule has 0 bridgehead atoms. The molecular weight excluding hydrogens is 314 g/mol. The molecular formula is C17H24ClN3O2. The summed E-state index contributed by atoms with van der Waals surface area (Å²) in [5.41, 5.74) is 0.324. The smallest absolute Gasteiger partial charge is 0.317 e. The summed E-state index contributed by atoms with van der Waals surface area (Å²) in [5.74, 6) is -0.0365. The van der Waals surface area contributed by atoms with Gasteiger partial charge in [-0.05, 0) is 45.4 Å². The standard InChI is InChI=1S/C17H24ClN3O2/c1-17(2,3)19-16(23)21-9-5-8-20(10-11-21)15(22)13-6-4-7-14(18)12-13/h4,6-7,12H,5,8-11H2,1-3H3,(H,19,23). The number of hydrogen-bond donors (Lipinski definition) is 1. The summed E-state index contributed by atoms with van der Waals surface area (Å²) in [5, 5.41) is 3.52. The highest BCUT2D eigenvalue weighted by Gasteiger charge is 2.24. The van der Waals surface area contributed by atoms with Crippen molar-refractivity contribution in [2.24, 2.45) is 0 Å². The average molecular weight is 338 g/mol. The minimum atomic E-state index is -0.264. The van der Waals surface area contributed by atoms with Crippen LogP contribution in [0.3, 0.4) is 0 Å². The van der Waals surface area contributed by atoms with Gasteiger partial charge in [-0.15, -0.1) is 0 Å². The first-order chi connectivity index (χ1) is 10.8. The quantitative estimate of drug-likeness (QED) is 0.856. The number of halogens is 1. The number of urea groups is 1. The maximum absolute atomic E-state index is 12.6. The molecule has 1 aromatic rings. The molecule has 23 heavy (non-hydrogen) atoms. The summed E-state index contributed by atoms with van der Waals surface area (Å²) >= 11 is 5.95. The highest BCUT2D eigenvalue weighted by molar-refractivity contribution is 6.30. The van der Waals surface area contributed by atoms with Gasteiger partial charge in [0.05, 0.1) is 0 Å². The predicted molar refractivity (Wildman–Crippen MR) is 91.8 cm³/mol. The van der Waals surface area contributed by atoms with Crippen LogP contribution in [0.5, 0.6) is 0 Å². The number of nitrogens with zero attached hydrogens (tertiary/aromatic N) is 2. The Morgan fingerprint density at radius 3 is 2.39 bits per heavy atom. The minimum Gasteiger partial charge on any atom is -0.337 e. The normalized spacial score (nSPS) is 16.0. The molecule has 0 unspecified atom stereocenters. The molecule has 1 N–H and O–H groups in total. The fraction of sp³-hybridized carbons (Fsp3) is 0.529. The molecule has 0 aromatic heterocycles. The topological polar surface area (TPSA) is 52.7 Å². The Labute approximate surface area is 142 Å². The molecule has 126 valence electrons. The summed E-state index contributed by atoms with van der Waals surface area (Å²) in [6.07, 6.45) is 0.768. The van der Waals surface area contributed by atoms with E-state index in [4.69, 9.17) is 11.6 Å². The van der Waals surface area contributed by atoms with E-state index in [1.807, 2.05) is 20.8 Å². The fourth-order valence-corrected chi connectivity index (χ4v) is 2.72. The Bertz CT molecular complexity index is 583.